The molecule has 0 bridgehead atoms. The number of hydrogen-bond acceptors (Lipinski definition) is 3. The smallest absolute Gasteiger partial charge is 0.240 e. The minimum atomic E-state index is -0.622. The molecule has 0 spiro atoms. The Balaban J connectivity index is 2.38. The maximum absolute atomic E-state index is 11.4. The van der Waals surface area contributed by atoms with Gasteiger partial charge in [0.05, 0.1) is 18.0 Å². The first-order valence-corrected chi connectivity index (χ1v) is 4.59. The first kappa shape index (κ1) is 10.0. The van der Waals surface area contributed by atoms with Gasteiger partial charge in [-0.15, -0.1) is 0 Å². The van der Waals surface area contributed by atoms with Crippen LogP contribution in [0.4, 0.5) is 0 Å². The molecule has 0 saturated heterocycles. The van der Waals surface area contributed by atoms with Crippen molar-refractivity contribution in [2.45, 2.75) is 44.2 Å². The van der Waals surface area contributed by atoms with Crippen LogP contribution in [0.1, 0.15) is 32.6 Å². The summed E-state index contributed by atoms with van der Waals surface area (Å²) < 4.78 is 0. The summed E-state index contributed by atoms with van der Waals surface area (Å²) in [7, 11) is 0. The molecular weight excluding hydrogens is 166 g/mol. The van der Waals surface area contributed by atoms with Crippen LogP contribution in [0, 0.1) is 11.3 Å². The zero-order valence-corrected chi connectivity index (χ0v) is 7.84. The van der Waals surface area contributed by atoms with Crippen LogP contribution in [-0.2, 0) is 4.79 Å². The van der Waals surface area contributed by atoms with E-state index < -0.39 is 5.54 Å². The lowest BCUT2D eigenvalue weighted by Crippen LogP contribution is -2.46. The molecule has 4 nitrogen and oxygen atoms in total. The molecule has 13 heavy (non-hydrogen) atoms. The van der Waals surface area contributed by atoms with Crippen molar-refractivity contribution in [1.82, 2.24) is 5.32 Å². The Hall–Kier alpha value is -1.08. The normalized spacial score (nSPS) is 20.1. The third kappa shape index (κ3) is 2.43. The summed E-state index contributed by atoms with van der Waals surface area (Å²) in [5.41, 5.74) is 5.07. The maximum atomic E-state index is 11.4. The van der Waals surface area contributed by atoms with Gasteiger partial charge in [-0.1, -0.05) is 6.92 Å². The molecule has 0 heterocycles. The summed E-state index contributed by atoms with van der Waals surface area (Å²) in [5, 5.41) is 11.3. The summed E-state index contributed by atoms with van der Waals surface area (Å²) in [6.07, 6.45) is 2.66. The summed E-state index contributed by atoms with van der Waals surface area (Å²) in [6, 6.07) is 2.00. The molecule has 4 heteroatoms. The molecule has 0 aromatic rings. The highest BCUT2D eigenvalue weighted by molar-refractivity contribution is 5.89. The van der Waals surface area contributed by atoms with E-state index >= 15 is 0 Å². The average Bonchev–Trinajstić information content (AvgIpc) is 2.84. The number of carbonyl (C=O) groups is 1. The molecule has 1 atom stereocenters. The fourth-order valence-electron chi connectivity index (χ4n) is 1.10. The molecule has 1 fully saturated rings. The fourth-order valence-corrected chi connectivity index (χ4v) is 1.10. The standard InChI is InChI=1S/C9H15N3O/c1-2-7(3-6-10)12-8(13)9(11)4-5-9/h7H,2-5,11H2,1H3,(H,12,13). The van der Waals surface area contributed by atoms with Gasteiger partial charge in [-0.2, -0.15) is 5.26 Å². The predicted octanol–water partition coefficient (Wildman–Crippen LogP) is 0.286. The number of hydrogen-bond donors (Lipinski definition) is 2. The van der Waals surface area contributed by atoms with Crippen molar-refractivity contribution in [3.8, 4) is 6.07 Å². The van der Waals surface area contributed by atoms with Crippen molar-refractivity contribution in [1.29, 1.82) is 5.26 Å². The van der Waals surface area contributed by atoms with Gasteiger partial charge in [0.15, 0.2) is 0 Å². The van der Waals surface area contributed by atoms with Crippen LogP contribution in [0.2, 0.25) is 0 Å². The van der Waals surface area contributed by atoms with Crippen LogP contribution in [0.3, 0.4) is 0 Å². The van der Waals surface area contributed by atoms with Gasteiger partial charge >= 0.3 is 0 Å². The predicted molar refractivity (Wildman–Crippen MR) is 48.6 cm³/mol. The van der Waals surface area contributed by atoms with E-state index in [0.717, 1.165) is 19.3 Å². The van der Waals surface area contributed by atoms with Gasteiger partial charge in [-0.3, -0.25) is 4.79 Å². The summed E-state index contributed by atoms with van der Waals surface area (Å²) in [4.78, 5) is 11.4. The summed E-state index contributed by atoms with van der Waals surface area (Å²) in [5.74, 6) is -0.102. The van der Waals surface area contributed by atoms with Crippen molar-refractivity contribution >= 4 is 5.91 Å². The van der Waals surface area contributed by atoms with Crippen LogP contribution in [0.25, 0.3) is 0 Å². The third-order valence-electron chi connectivity index (χ3n) is 2.41. The summed E-state index contributed by atoms with van der Waals surface area (Å²) in [6.45, 7) is 1.94. The van der Waals surface area contributed by atoms with Gasteiger partial charge in [0.1, 0.15) is 0 Å². The third-order valence-corrected chi connectivity index (χ3v) is 2.41. The Bertz CT molecular complexity index is 240. The molecule has 1 rings (SSSR count). The molecular formula is C9H15N3O. The van der Waals surface area contributed by atoms with Gasteiger partial charge < -0.3 is 11.1 Å². The first-order chi connectivity index (χ1) is 6.12. The number of nitrogens with two attached hydrogens (primary N) is 1. The van der Waals surface area contributed by atoms with Crippen LogP contribution < -0.4 is 11.1 Å². The van der Waals surface area contributed by atoms with Crippen molar-refractivity contribution in [3.05, 3.63) is 0 Å². The second-order valence-electron chi connectivity index (χ2n) is 3.60. The Kier molecular flexibility index (Phi) is 2.89. The highest BCUT2D eigenvalue weighted by Gasteiger charge is 2.46. The molecule has 3 N–H and O–H groups in total. The SMILES string of the molecule is CCC(CC#N)NC(=O)C1(N)CC1. The second-order valence-corrected chi connectivity index (χ2v) is 3.60. The minimum absolute atomic E-state index is 0.0430. The van der Waals surface area contributed by atoms with Crippen LogP contribution in [0.15, 0.2) is 0 Å². The number of rotatable bonds is 4. The van der Waals surface area contributed by atoms with Crippen molar-refractivity contribution in [2.24, 2.45) is 5.73 Å². The van der Waals surface area contributed by atoms with Crippen LogP contribution >= 0.6 is 0 Å². The highest BCUT2D eigenvalue weighted by atomic mass is 16.2. The van der Waals surface area contributed by atoms with Crippen molar-refractivity contribution in [2.75, 3.05) is 0 Å². The van der Waals surface area contributed by atoms with E-state index in [9.17, 15) is 4.79 Å². The first-order valence-electron chi connectivity index (χ1n) is 4.59. The molecule has 0 aliphatic heterocycles. The molecule has 1 amide bonds. The quantitative estimate of drug-likeness (QED) is 0.654. The molecule has 72 valence electrons. The van der Waals surface area contributed by atoms with Gasteiger partial charge in [0.25, 0.3) is 0 Å². The van der Waals surface area contributed by atoms with Gasteiger partial charge in [0, 0.05) is 6.04 Å². The molecule has 1 unspecified atom stereocenters. The molecule has 1 saturated carbocycles. The highest BCUT2D eigenvalue weighted by Crippen LogP contribution is 2.32. The monoisotopic (exact) mass is 181 g/mol. The van der Waals surface area contributed by atoms with Crippen molar-refractivity contribution in [3.63, 3.8) is 0 Å². The Morgan fingerprint density at radius 3 is 2.77 bits per heavy atom. The van der Waals surface area contributed by atoms with E-state index in [4.69, 9.17) is 11.0 Å². The zero-order chi connectivity index (χ0) is 9.90. The summed E-state index contributed by atoms with van der Waals surface area (Å²) >= 11 is 0. The number of nitriles is 1. The molecule has 0 aromatic heterocycles. The largest absolute Gasteiger partial charge is 0.351 e. The van der Waals surface area contributed by atoms with E-state index in [-0.39, 0.29) is 11.9 Å². The number of nitrogens with one attached hydrogen (secondary N) is 1. The topological polar surface area (TPSA) is 78.9 Å². The van der Waals surface area contributed by atoms with Crippen LogP contribution in [0.5, 0.6) is 0 Å². The average molecular weight is 181 g/mol. The van der Waals surface area contributed by atoms with E-state index in [2.05, 4.69) is 5.32 Å². The van der Waals surface area contributed by atoms with Gasteiger partial charge in [-0.05, 0) is 19.3 Å². The van der Waals surface area contributed by atoms with E-state index in [1.807, 2.05) is 13.0 Å². The Labute approximate surface area is 78.1 Å². The molecule has 1 aliphatic carbocycles. The molecule has 0 radical (unpaired) electrons. The Morgan fingerprint density at radius 1 is 1.77 bits per heavy atom. The fraction of sp³-hybridized carbons (Fsp3) is 0.778. The van der Waals surface area contributed by atoms with E-state index in [1.165, 1.54) is 0 Å². The lowest BCUT2D eigenvalue weighted by atomic mass is 10.1. The lowest BCUT2D eigenvalue weighted by molar-refractivity contribution is -0.123. The van der Waals surface area contributed by atoms with Crippen molar-refractivity contribution < 1.29 is 4.79 Å². The Morgan fingerprint density at radius 2 is 2.38 bits per heavy atom. The minimum Gasteiger partial charge on any atom is -0.351 e. The van der Waals surface area contributed by atoms with Gasteiger partial charge in [0.2, 0.25) is 5.91 Å². The van der Waals surface area contributed by atoms with E-state index in [0.29, 0.717) is 6.42 Å². The maximum Gasteiger partial charge on any atom is 0.240 e. The van der Waals surface area contributed by atoms with E-state index in [1.54, 1.807) is 0 Å². The number of nitrogens with zero attached hydrogens (tertiary/aromatic N) is 1. The number of amides is 1. The van der Waals surface area contributed by atoms with Crippen LogP contribution in [-0.4, -0.2) is 17.5 Å². The number of carbonyl (C=O) groups excluding carboxylic acids is 1. The zero-order valence-electron chi connectivity index (χ0n) is 7.84. The lowest BCUT2D eigenvalue weighted by Gasteiger charge is -2.16. The van der Waals surface area contributed by atoms with Gasteiger partial charge in [-0.25, -0.2) is 0 Å². The molecule has 0 aromatic carbocycles. The molecule has 1 aliphatic rings. The second kappa shape index (κ2) is 3.75.